The summed E-state index contributed by atoms with van der Waals surface area (Å²) >= 11 is 0. The Morgan fingerprint density at radius 3 is 2.50 bits per heavy atom. The topological polar surface area (TPSA) is 32.7 Å². The van der Waals surface area contributed by atoms with Crippen molar-refractivity contribution in [3.8, 4) is 5.75 Å². The van der Waals surface area contributed by atoms with Gasteiger partial charge in [-0.1, -0.05) is 12.1 Å². The van der Waals surface area contributed by atoms with Gasteiger partial charge in [0.2, 0.25) is 0 Å². The van der Waals surface area contributed by atoms with Gasteiger partial charge in [-0.3, -0.25) is 4.90 Å². The van der Waals surface area contributed by atoms with Crippen LogP contribution in [0.25, 0.3) is 0 Å². The second-order valence-electron chi connectivity index (χ2n) is 4.83. The van der Waals surface area contributed by atoms with Crippen LogP contribution in [0, 0.1) is 0 Å². The fourth-order valence-corrected chi connectivity index (χ4v) is 2.14. The van der Waals surface area contributed by atoms with Crippen LogP contribution in [0.4, 0.5) is 13.2 Å². The first kappa shape index (κ1) is 15.1. The van der Waals surface area contributed by atoms with E-state index in [1.54, 1.807) is 0 Å². The molecule has 0 bridgehead atoms. The summed E-state index contributed by atoms with van der Waals surface area (Å²) in [7, 11) is 0. The van der Waals surface area contributed by atoms with Crippen LogP contribution in [0.2, 0.25) is 0 Å². The Hall–Kier alpha value is -1.27. The molecule has 0 atom stereocenters. The molecule has 1 N–H and O–H groups in total. The average molecular weight is 289 g/mol. The number of alkyl halides is 3. The molecule has 0 saturated heterocycles. The number of aliphatic hydroxyl groups excluding tert-OH is 1. The largest absolute Gasteiger partial charge is 0.492 e. The van der Waals surface area contributed by atoms with Gasteiger partial charge in [0.25, 0.3) is 0 Å². The lowest BCUT2D eigenvalue weighted by atomic mass is 10.2. The van der Waals surface area contributed by atoms with Crippen molar-refractivity contribution in [2.45, 2.75) is 25.1 Å². The molecule has 0 spiro atoms. The van der Waals surface area contributed by atoms with Crippen LogP contribution < -0.4 is 4.74 Å². The van der Waals surface area contributed by atoms with E-state index >= 15 is 0 Å². The molecule has 0 radical (unpaired) electrons. The number of halogens is 3. The number of hydrogen-bond acceptors (Lipinski definition) is 3. The number of benzene rings is 1. The second-order valence-corrected chi connectivity index (χ2v) is 4.83. The van der Waals surface area contributed by atoms with Crippen LogP contribution in [-0.4, -0.2) is 42.4 Å². The quantitative estimate of drug-likeness (QED) is 0.837. The monoisotopic (exact) mass is 289 g/mol. The SMILES string of the molecule is OCCN(CCOc1ccccc1C(F)(F)F)C1CC1. The molecule has 6 heteroatoms. The maximum absolute atomic E-state index is 12.8. The van der Waals surface area contributed by atoms with E-state index in [0.717, 1.165) is 18.9 Å². The van der Waals surface area contributed by atoms with E-state index in [4.69, 9.17) is 9.84 Å². The molecule has 1 saturated carbocycles. The predicted octanol–water partition coefficient (Wildman–Crippen LogP) is 2.54. The molecule has 2 rings (SSSR count). The van der Waals surface area contributed by atoms with E-state index in [2.05, 4.69) is 4.90 Å². The number of para-hydroxylation sites is 1. The highest BCUT2D eigenvalue weighted by molar-refractivity contribution is 5.35. The Labute approximate surface area is 116 Å². The van der Waals surface area contributed by atoms with E-state index in [0.29, 0.717) is 19.1 Å². The number of aliphatic hydroxyl groups is 1. The van der Waals surface area contributed by atoms with Gasteiger partial charge in [-0.15, -0.1) is 0 Å². The van der Waals surface area contributed by atoms with Crippen molar-refractivity contribution in [2.75, 3.05) is 26.3 Å². The lowest BCUT2D eigenvalue weighted by molar-refractivity contribution is -0.139. The molecule has 1 fully saturated rings. The lowest BCUT2D eigenvalue weighted by Crippen LogP contribution is -2.33. The fraction of sp³-hybridized carbons (Fsp3) is 0.571. The van der Waals surface area contributed by atoms with E-state index in [1.165, 1.54) is 18.2 Å². The standard InChI is InChI=1S/C14H18F3NO2/c15-14(16,17)12-3-1-2-4-13(12)20-10-8-18(7-9-19)11-5-6-11/h1-4,11,19H,5-10H2. The molecule has 0 amide bonds. The summed E-state index contributed by atoms with van der Waals surface area (Å²) in [6, 6.07) is 5.66. The van der Waals surface area contributed by atoms with Crippen LogP contribution in [0.5, 0.6) is 5.75 Å². The zero-order valence-electron chi connectivity index (χ0n) is 11.1. The number of ether oxygens (including phenoxy) is 1. The van der Waals surface area contributed by atoms with Crippen molar-refractivity contribution in [1.82, 2.24) is 4.90 Å². The maximum Gasteiger partial charge on any atom is 0.419 e. The molecular weight excluding hydrogens is 271 g/mol. The van der Waals surface area contributed by atoms with Gasteiger partial charge in [-0.2, -0.15) is 13.2 Å². The summed E-state index contributed by atoms with van der Waals surface area (Å²) < 4.78 is 43.6. The number of rotatable bonds is 7. The number of hydrogen-bond donors (Lipinski definition) is 1. The first-order valence-corrected chi connectivity index (χ1v) is 6.66. The van der Waals surface area contributed by atoms with Gasteiger partial charge >= 0.3 is 6.18 Å². The second kappa shape index (κ2) is 6.45. The van der Waals surface area contributed by atoms with Gasteiger partial charge in [-0.25, -0.2) is 0 Å². The van der Waals surface area contributed by atoms with Crippen molar-refractivity contribution < 1.29 is 23.0 Å². The summed E-state index contributed by atoms with van der Waals surface area (Å²) in [4.78, 5) is 2.05. The summed E-state index contributed by atoms with van der Waals surface area (Å²) in [5, 5.41) is 8.95. The smallest absolute Gasteiger partial charge is 0.419 e. The van der Waals surface area contributed by atoms with Crippen molar-refractivity contribution in [2.24, 2.45) is 0 Å². The normalized spacial score (nSPS) is 15.7. The van der Waals surface area contributed by atoms with Crippen LogP contribution in [0.1, 0.15) is 18.4 Å². The Morgan fingerprint density at radius 1 is 1.20 bits per heavy atom. The van der Waals surface area contributed by atoms with E-state index in [-0.39, 0.29) is 19.0 Å². The third kappa shape index (κ3) is 4.11. The van der Waals surface area contributed by atoms with Crippen LogP contribution in [0.3, 0.4) is 0 Å². The van der Waals surface area contributed by atoms with E-state index in [9.17, 15) is 13.2 Å². The molecule has 0 heterocycles. The molecular formula is C14H18F3NO2. The van der Waals surface area contributed by atoms with Crippen molar-refractivity contribution >= 4 is 0 Å². The maximum atomic E-state index is 12.8. The molecule has 20 heavy (non-hydrogen) atoms. The van der Waals surface area contributed by atoms with Crippen molar-refractivity contribution in [1.29, 1.82) is 0 Å². The van der Waals surface area contributed by atoms with E-state index < -0.39 is 11.7 Å². The summed E-state index contributed by atoms with van der Waals surface area (Å²) in [6.07, 6.45) is -2.24. The van der Waals surface area contributed by atoms with E-state index in [1.807, 2.05) is 0 Å². The Morgan fingerprint density at radius 2 is 1.90 bits per heavy atom. The average Bonchev–Trinajstić information content (AvgIpc) is 3.21. The van der Waals surface area contributed by atoms with Gasteiger partial charge in [-0.05, 0) is 25.0 Å². The predicted molar refractivity (Wildman–Crippen MR) is 68.6 cm³/mol. The fourth-order valence-electron chi connectivity index (χ4n) is 2.14. The summed E-state index contributed by atoms with van der Waals surface area (Å²) in [5.41, 5.74) is -0.750. The zero-order chi connectivity index (χ0) is 14.6. The highest BCUT2D eigenvalue weighted by Gasteiger charge is 2.34. The van der Waals surface area contributed by atoms with Gasteiger partial charge in [0, 0.05) is 19.1 Å². The molecule has 1 aliphatic carbocycles. The molecule has 0 aliphatic heterocycles. The number of nitrogens with zero attached hydrogens (tertiary/aromatic N) is 1. The summed E-state index contributed by atoms with van der Waals surface area (Å²) in [5.74, 6) is -0.139. The highest BCUT2D eigenvalue weighted by Crippen LogP contribution is 2.35. The Balaban J connectivity index is 1.90. The molecule has 1 aromatic carbocycles. The van der Waals surface area contributed by atoms with Gasteiger partial charge in [0.15, 0.2) is 0 Å². The van der Waals surface area contributed by atoms with Crippen molar-refractivity contribution in [3.63, 3.8) is 0 Å². The van der Waals surface area contributed by atoms with Crippen molar-refractivity contribution in [3.05, 3.63) is 29.8 Å². The first-order valence-electron chi connectivity index (χ1n) is 6.66. The Kier molecular flexibility index (Phi) is 4.88. The van der Waals surface area contributed by atoms with Crippen LogP contribution >= 0.6 is 0 Å². The molecule has 1 aliphatic rings. The first-order chi connectivity index (χ1) is 9.52. The molecule has 3 nitrogen and oxygen atoms in total. The Bertz CT molecular complexity index is 433. The highest BCUT2D eigenvalue weighted by atomic mass is 19.4. The minimum absolute atomic E-state index is 0.0512. The lowest BCUT2D eigenvalue weighted by Gasteiger charge is -2.21. The van der Waals surface area contributed by atoms with Gasteiger partial charge in [0.05, 0.1) is 12.2 Å². The summed E-state index contributed by atoms with van der Waals surface area (Å²) in [6.45, 7) is 1.30. The minimum atomic E-state index is -4.40. The minimum Gasteiger partial charge on any atom is -0.492 e. The molecule has 0 aromatic heterocycles. The van der Waals surface area contributed by atoms with Crippen LogP contribution in [0.15, 0.2) is 24.3 Å². The third-order valence-corrected chi connectivity index (χ3v) is 3.28. The van der Waals surface area contributed by atoms with Crippen LogP contribution in [-0.2, 0) is 6.18 Å². The zero-order valence-corrected chi connectivity index (χ0v) is 11.1. The molecule has 0 unspecified atom stereocenters. The van der Waals surface area contributed by atoms with Gasteiger partial charge < -0.3 is 9.84 Å². The molecule has 112 valence electrons. The third-order valence-electron chi connectivity index (χ3n) is 3.28. The van der Waals surface area contributed by atoms with Gasteiger partial charge in [0.1, 0.15) is 12.4 Å². The molecule has 1 aromatic rings.